The molecule has 1 aliphatic carbocycles. The molecule has 2 atom stereocenters. The Hall–Kier alpha value is -1.42. The Balaban J connectivity index is 0.00000156. The maximum atomic E-state index is 6.22. The van der Waals surface area contributed by atoms with Gasteiger partial charge in [-0.3, -0.25) is 0 Å². The molecule has 3 heterocycles. The van der Waals surface area contributed by atoms with E-state index in [2.05, 4.69) is 53.2 Å². The van der Waals surface area contributed by atoms with E-state index in [1.165, 1.54) is 16.8 Å². The molecule has 3 nitrogen and oxygen atoms in total. The molecule has 0 radical (unpaired) electrons. The minimum absolute atomic E-state index is 0. The third kappa shape index (κ3) is 2.30. The number of rotatable bonds is 4. The highest BCUT2D eigenvalue weighted by molar-refractivity contribution is 5.43. The summed E-state index contributed by atoms with van der Waals surface area (Å²) < 4.78 is 14.8. The molecule has 2 aliphatic heterocycles. The second-order valence-corrected chi connectivity index (χ2v) is 5.99. The third-order valence-electron chi connectivity index (χ3n) is 4.92. The van der Waals surface area contributed by atoms with Crippen molar-refractivity contribution >= 4 is 0 Å². The minimum atomic E-state index is -0.538. The van der Waals surface area contributed by atoms with E-state index in [0.29, 0.717) is 13.2 Å². The Morgan fingerprint density at radius 1 is 1.00 bits per heavy atom. The van der Waals surface area contributed by atoms with Gasteiger partial charge in [-0.1, -0.05) is 30.3 Å². The van der Waals surface area contributed by atoms with Crippen LogP contribution in [0.1, 0.15) is 49.0 Å². The summed E-state index contributed by atoms with van der Waals surface area (Å²) >= 11 is 0. The summed E-state index contributed by atoms with van der Waals surface area (Å²) in [6.07, 6.45) is 3.06. The van der Waals surface area contributed by atoms with Crippen LogP contribution in [0.5, 0.6) is 0 Å². The lowest BCUT2D eigenvalue weighted by Crippen LogP contribution is -3.00. The fraction of sp³-hybridized carbons (Fsp3) is 0.421. The van der Waals surface area contributed by atoms with Crippen LogP contribution in [0.2, 0.25) is 0 Å². The molecular weight excluding hydrogens is 310 g/mol. The van der Waals surface area contributed by atoms with Crippen molar-refractivity contribution in [2.45, 2.75) is 38.0 Å². The molecule has 1 aromatic heterocycles. The normalized spacial score (nSPS) is 22.9. The van der Waals surface area contributed by atoms with Crippen LogP contribution < -0.4 is 17.0 Å². The zero-order chi connectivity index (χ0) is 15.2. The van der Waals surface area contributed by atoms with Crippen molar-refractivity contribution in [3.05, 3.63) is 65.5 Å². The molecule has 0 amide bonds. The Bertz CT molecular complexity index is 650. The predicted molar refractivity (Wildman–Crippen MR) is 83.7 cm³/mol. The highest BCUT2D eigenvalue weighted by atomic mass is 35.5. The summed E-state index contributed by atoms with van der Waals surface area (Å²) in [5.41, 5.74) is 4.05. The largest absolute Gasteiger partial charge is 1.00 e. The molecule has 2 unspecified atom stereocenters. The van der Waals surface area contributed by atoms with E-state index >= 15 is 0 Å². The van der Waals surface area contributed by atoms with Gasteiger partial charge in [0.15, 0.2) is 23.7 Å². The highest BCUT2D eigenvalue weighted by Gasteiger charge is 2.59. The Morgan fingerprint density at radius 2 is 1.65 bits per heavy atom. The first-order valence-corrected chi connectivity index (χ1v) is 8.17. The van der Waals surface area contributed by atoms with Crippen molar-refractivity contribution in [2.24, 2.45) is 0 Å². The minimum Gasteiger partial charge on any atom is -1.00 e. The van der Waals surface area contributed by atoms with Crippen LogP contribution in [0.3, 0.4) is 0 Å². The number of nitrogens with zero attached hydrogens (tertiary/aromatic N) is 1. The van der Waals surface area contributed by atoms with Crippen molar-refractivity contribution in [3.8, 4) is 0 Å². The zero-order valence-corrected chi connectivity index (χ0v) is 14.3. The van der Waals surface area contributed by atoms with E-state index in [4.69, 9.17) is 9.47 Å². The number of hydrogen-bond donors (Lipinski definition) is 0. The second kappa shape index (κ2) is 6.23. The first-order valence-electron chi connectivity index (χ1n) is 8.17. The van der Waals surface area contributed by atoms with E-state index in [1.807, 2.05) is 13.8 Å². The predicted octanol–water partition coefficient (Wildman–Crippen LogP) is 0.186. The van der Waals surface area contributed by atoms with Gasteiger partial charge in [0, 0.05) is 30.9 Å². The average Bonchev–Trinajstić information content (AvgIpc) is 2.55. The SMILES string of the molecule is CCOC1(OCC)CC2c3ccccc3C1c1cccc[n+]12.[Cl-]. The molecule has 0 saturated carbocycles. The number of fused-ring (bicyclic) bond motifs is 1. The number of benzene rings is 1. The summed E-state index contributed by atoms with van der Waals surface area (Å²) in [6, 6.07) is 15.4. The maximum absolute atomic E-state index is 6.22. The van der Waals surface area contributed by atoms with Gasteiger partial charge in [0.1, 0.15) is 5.92 Å². The van der Waals surface area contributed by atoms with Crippen molar-refractivity contribution in [1.29, 1.82) is 0 Å². The topological polar surface area (TPSA) is 22.3 Å². The first kappa shape index (κ1) is 16.4. The van der Waals surface area contributed by atoms with E-state index < -0.39 is 5.79 Å². The summed E-state index contributed by atoms with van der Waals surface area (Å²) in [5, 5.41) is 0. The maximum Gasteiger partial charge on any atom is 0.194 e. The molecule has 5 rings (SSSR count). The van der Waals surface area contributed by atoms with Crippen LogP contribution >= 0.6 is 0 Å². The Labute approximate surface area is 143 Å². The first-order chi connectivity index (χ1) is 10.8. The highest BCUT2D eigenvalue weighted by Crippen LogP contribution is 2.52. The fourth-order valence-corrected chi connectivity index (χ4v) is 4.26. The van der Waals surface area contributed by atoms with Crippen molar-refractivity contribution in [3.63, 3.8) is 0 Å². The molecule has 4 heteroatoms. The van der Waals surface area contributed by atoms with Gasteiger partial charge in [0.25, 0.3) is 0 Å². The van der Waals surface area contributed by atoms with Crippen LogP contribution in [-0.2, 0) is 9.47 Å². The van der Waals surface area contributed by atoms with Gasteiger partial charge in [0.05, 0.1) is 6.42 Å². The van der Waals surface area contributed by atoms with Crippen LogP contribution in [0.4, 0.5) is 0 Å². The number of hydrogen-bond acceptors (Lipinski definition) is 2. The lowest BCUT2D eigenvalue weighted by atomic mass is 9.70. The molecule has 0 fully saturated rings. The van der Waals surface area contributed by atoms with Gasteiger partial charge < -0.3 is 21.9 Å². The van der Waals surface area contributed by atoms with Gasteiger partial charge in [-0.2, -0.15) is 4.57 Å². The van der Waals surface area contributed by atoms with Crippen LogP contribution in [-0.4, -0.2) is 19.0 Å². The summed E-state index contributed by atoms with van der Waals surface area (Å²) in [4.78, 5) is 0. The molecule has 1 aromatic carbocycles. The number of aromatic nitrogens is 1. The quantitative estimate of drug-likeness (QED) is 0.589. The smallest absolute Gasteiger partial charge is 0.194 e. The summed E-state index contributed by atoms with van der Waals surface area (Å²) in [7, 11) is 0. The van der Waals surface area contributed by atoms with Gasteiger partial charge >= 0.3 is 0 Å². The van der Waals surface area contributed by atoms with Crippen molar-refractivity contribution in [1.82, 2.24) is 0 Å². The monoisotopic (exact) mass is 331 g/mol. The molecule has 2 aromatic rings. The fourth-order valence-electron chi connectivity index (χ4n) is 4.26. The lowest BCUT2D eigenvalue weighted by Gasteiger charge is -2.47. The van der Waals surface area contributed by atoms with Gasteiger partial charge in [0.2, 0.25) is 0 Å². The number of ether oxygens (including phenoxy) is 2. The van der Waals surface area contributed by atoms with Crippen LogP contribution in [0.25, 0.3) is 0 Å². The van der Waals surface area contributed by atoms with Gasteiger partial charge in [-0.05, 0) is 19.4 Å². The summed E-state index contributed by atoms with van der Waals surface area (Å²) in [6.45, 7) is 5.43. The molecule has 23 heavy (non-hydrogen) atoms. The zero-order valence-electron chi connectivity index (χ0n) is 13.5. The molecule has 122 valence electrons. The standard InChI is InChI=1S/C19H22NO2.ClH/c1-3-21-19(22-4-2)13-17-14-9-5-6-10-15(14)18(19)16-11-7-8-12-20(16)17;/h5-12,17-18H,3-4,13H2,1-2H3;1H/q+1;/p-1. The van der Waals surface area contributed by atoms with Gasteiger partial charge in [-0.15, -0.1) is 0 Å². The van der Waals surface area contributed by atoms with E-state index in [0.717, 1.165) is 6.42 Å². The Kier molecular flexibility index (Phi) is 4.45. The molecule has 3 aliphatic rings. The molecule has 2 bridgehead atoms. The van der Waals surface area contributed by atoms with Crippen molar-refractivity contribution < 1.29 is 26.4 Å². The van der Waals surface area contributed by atoms with Gasteiger partial charge in [-0.25, -0.2) is 0 Å². The molecule has 0 N–H and O–H groups in total. The number of pyridine rings is 1. The van der Waals surface area contributed by atoms with Crippen molar-refractivity contribution in [2.75, 3.05) is 13.2 Å². The second-order valence-electron chi connectivity index (χ2n) is 5.99. The van der Waals surface area contributed by atoms with E-state index in [1.54, 1.807) is 0 Å². The molecule has 0 saturated heterocycles. The third-order valence-corrected chi connectivity index (χ3v) is 4.92. The average molecular weight is 332 g/mol. The summed E-state index contributed by atoms with van der Waals surface area (Å²) in [5.74, 6) is -0.404. The van der Waals surface area contributed by atoms with E-state index in [9.17, 15) is 0 Å². The number of halogens is 1. The molecular formula is C19H22ClNO2. The Morgan fingerprint density at radius 3 is 2.35 bits per heavy atom. The molecule has 0 spiro atoms. The van der Waals surface area contributed by atoms with E-state index in [-0.39, 0.29) is 24.4 Å². The lowest BCUT2D eigenvalue weighted by molar-refractivity contribution is -0.738. The van der Waals surface area contributed by atoms with Crippen LogP contribution in [0.15, 0.2) is 48.7 Å². The van der Waals surface area contributed by atoms with Crippen LogP contribution in [0, 0.1) is 0 Å².